The highest BCUT2D eigenvalue weighted by atomic mass is 16.5. The maximum absolute atomic E-state index is 11.1. The van der Waals surface area contributed by atoms with Crippen molar-refractivity contribution in [3.8, 4) is 0 Å². The van der Waals surface area contributed by atoms with Gasteiger partial charge in [0.1, 0.15) is 0 Å². The van der Waals surface area contributed by atoms with Crippen molar-refractivity contribution in [2.75, 3.05) is 18.5 Å². The molecule has 1 aromatic heterocycles. The van der Waals surface area contributed by atoms with Gasteiger partial charge in [-0.3, -0.25) is 0 Å². The fourth-order valence-corrected chi connectivity index (χ4v) is 2.01. The summed E-state index contributed by atoms with van der Waals surface area (Å²) in [7, 11) is 0. The van der Waals surface area contributed by atoms with E-state index in [0.29, 0.717) is 6.04 Å². The van der Waals surface area contributed by atoms with Crippen molar-refractivity contribution in [2.24, 2.45) is 0 Å². The van der Waals surface area contributed by atoms with Gasteiger partial charge in [-0.25, -0.2) is 4.79 Å². The Labute approximate surface area is 91.8 Å². The highest BCUT2D eigenvalue weighted by Gasteiger charge is 2.15. The number of fused-ring (bicyclic) bond motifs is 1. The summed E-state index contributed by atoms with van der Waals surface area (Å²) in [5.41, 5.74) is 2.50. The predicted octanol–water partition coefficient (Wildman–Crippen LogP) is 1.06. The molecule has 84 valence electrons. The summed E-state index contributed by atoms with van der Waals surface area (Å²) in [4.78, 5) is 16.6. The standard InChI is InChI=1S/C11H13N3O2/c15-11-13-9-2-1-7(5-10(9)14-11)12-8-3-4-16-6-8/h1-2,5,8,12H,3-4,6H2,(H2,13,14,15). The molecule has 1 atom stereocenters. The third-order valence-electron chi connectivity index (χ3n) is 2.82. The molecule has 1 aliphatic rings. The summed E-state index contributed by atoms with van der Waals surface area (Å²) >= 11 is 0. The molecule has 0 radical (unpaired) electrons. The van der Waals surface area contributed by atoms with Crippen LogP contribution in [-0.2, 0) is 4.74 Å². The van der Waals surface area contributed by atoms with Crippen molar-refractivity contribution in [3.63, 3.8) is 0 Å². The van der Waals surface area contributed by atoms with E-state index in [9.17, 15) is 4.79 Å². The van der Waals surface area contributed by atoms with E-state index in [0.717, 1.165) is 36.4 Å². The van der Waals surface area contributed by atoms with Crippen LogP contribution in [0.25, 0.3) is 11.0 Å². The molecule has 16 heavy (non-hydrogen) atoms. The van der Waals surface area contributed by atoms with Crippen molar-refractivity contribution >= 4 is 16.7 Å². The molecule has 0 amide bonds. The fourth-order valence-electron chi connectivity index (χ4n) is 2.01. The molecule has 0 aliphatic carbocycles. The minimum Gasteiger partial charge on any atom is -0.380 e. The van der Waals surface area contributed by atoms with Crippen LogP contribution in [0.5, 0.6) is 0 Å². The number of H-pyrrole nitrogens is 2. The van der Waals surface area contributed by atoms with E-state index in [1.165, 1.54) is 0 Å². The van der Waals surface area contributed by atoms with Crippen LogP contribution in [0.2, 0.25) is 0 Å². The van der Waals surface area contributed by atoms with E-state index in [-0.39, 0.29) is 5.69 Å². The van der Waals surface area contributed by atoms with E-state index in [2.05, 4.69) is 15.3 Å². The quantitative estimate of drug-likeness (QED) is 0.707. The molecule has 0 bridgehead atoms. The zero-order valence-electron chi connectivity index (χ0n) is 8.75. The van der Waals surface area contributed by atoms with Crippen LogP contribution in [0.1, 0.15) is 6.42 Å². The second-order valence-corrected chi connectivity index (χ2v) is 4.04. The summed E-state index contributed by atoms with van der Waals surface area (Å²) in [6.45, 7) is 1.57. The van der Waals surface area contributed by atoms with E-state index >= 15 is 0 Å². The molecule has 5 nitrogen and oxygen atoms in total. The Morgan fingerprint density at radius 3 is 3.00 bits per heavy atom. The molecule has 1 fully saturated rings. The van der Waals surface area contributed by atoms with Crippen LogP contribution in [0.15, 0.2) is 23.0 Å². The Kier molecular flexibility index (Phi) is 2.18. The summed E-state index contributed by atoms with van der Waals surface area (Å²) in [5, 5.41) is 3.38. The molecule has 0 saturated carbocycles. The minimum absolute atomic E-state index is 0.170. The number of aromatic amines is 2. The third-order valence-corrected chi connectivity index (χ3v) is 2.82. The lowest BCUT2D eigenvalue weighted by atomic mass is 10.2. The van der Waals surface area contributed by atoms with E-state index in [1.807, 2.05) is 18.2 Å². The van der Waals surface area contributed by atoms with Crippen LogP contribution in [0.4, 0.5) is 5.69 Å². The maximum Gasteiger partial charge on any atom is 0.323 e. The summed E-state index contributed by atoms with van der Waals surface area (Å²) in [6, 6.07) is 6.17. The number of anilines is 1. The molecule has 1 aromatic carbocycles. The van der Waals surface area contributed by atoms with Gasteiger partial charge in [0.05, 0.1) is 23.7 Å². The Morgan fingerprint density at radius 1 is 1.31 bits per heavy atom. The summed E-state index contributed by atoms with van der Waals surface area (Å²) in [6.07, 6.45) is 1.03. The van der Waals surface area contributed by atoms with Crippen LogP contribution < -0.4 is 11.0 Å². The first-order valence-electron chi connectivity index (χ1n) is 5.37. The minimum atomic E-state index is -0.170. The molecular weight excluding hydrogens is 206 g/mol. The van der Waals surface area contributed by atoms with Crippen LogP contribution in [-0.4, -0.2) is 29.2 Å². The van der Waals surface area contributed by atoms with Gasteiger partial charge < -0.3 is 20.0 Å². The van der Waals surface area contributed by atoms with Gasteiger partial charge in [0.15, 0.2) is 0 Å². The van der Waals surface area contributed by atoms with Crippen LogP contribution in [0.3, 0.4) is 0 Å². The molecule has 3 N–H and O–H groups in total. The first-order chi connectivity index (χ1) is 7.81. The van der Waals surface area contributed by atoms with Crippen molar-refractivity contribution in [2.45, 2.75) is 12.5 Å². The fraction of sp³-hybridized carbons (Fsp3) is 0.364. The number of benzene rings is 1. The Hall–Kier alpha value is -1.75. The first-order valence-corrected chi connectivity index (χ1v) is 5.37. The second-order valence-electron chi connectivity index (χ2n) is 4.04. The number of aromatic nitrogens is 2. The van der Waals surface area contributed by atoms with Crippen molar-refractivity contribution in [1.82, 2.24) is 9.97 Å². The summed E-state index contributed by atoms with van der Waals surface area (Å²) < 4.78 is 5.29. The SMILES string of the molecule is O=c1[nH]c2ccc(NC3CCOC3)cc2[nH]1. The molecule has 1 unspecified atom stereocenters. The molecule has 2 aromatic rings. The molecule has 3 rings (SSSR count). The maximum atomic E-state index is 11.1. The molecule has 1 aliphatic heterocycles. The smallest absolute Gasteiger partial charge is 0.323 e. The molecule has 0 spiro atoms. The van der Waals surface area contributed by atoms with E-state index in [1.54, 1.807) is 0 Å². The van der Waals surface area contributed by atoms with Gasteiger partial charge in [0.25, 0.3) is 0 Å². The Balaban J connectivity index is 1.89. The highest BCUT2D eigenvalue weighted by Crippen LogP contribution is 2.17. The third kappa shape index (κ3) is 1.69. The number of rotatable bonds is 2. The topological polar surface area (TPSA) is 69.9 Å². The van der Waals surface area contributed by atoms with Gasteiger partial charge in [0, 0.05) is 12.3 Å². The van der Waals surface area contributed by atoms with E-state index in [4.69, 9.17) is 4.74 Å². The normalized spacial score (nSPS) is 20.4. The second kappa shape index (κ2) is 3.68. The molecule has 2 heterocycles. The average molecular weight is 219 g/mol. The molecule has 1 saturated heterocycles. The first kappa shape index (κ1) is 9.47. The van der Waals surface area contributed by atoms with E-state index < -0.39 is 0 Å². The lowest BCUT2D eigenvalue weighted by Crippen LogP contribution is -2.18. The van der Waals surface area contributed by atoms with Crippen molar-refractivity contribution < 1.29 is 4.74 Å². The Morgan fingerprint density at radius 2 is 2.19 bits per heavy atom. The van der Waals surface area contributed by atoms with Crippen LogP contribution >= 0.6 is 0 Å². The lowest BCUT2D eigenvalue weighted by molar-refractivity contribution is 0.195. The number of hydrogen-bond donors (Lipinski definition) is 3. The van der Waals surface area contributed by atoms with Crippen molar-refractivity contribution in [3.05, 3.63) is 28.7 Å². The van der Waals surface area contributed by atoms with Gasteiger partial charge in [-0.15, -0.1) is 0 Å². The molecular formula is C11H13N3O2. The average Bonchev–Trinajstić information content (AvgIpc) is 2.85. The predicted molar refractivity (Wildman–Crippen MR) is 61.8 cm³/mol. The van der Waals surface area contributed by atoms with Gasteiger partial charge in [-0.1, -0.05) is 0 Å². The summed E-state index contributed by atoms with van der Waals surface area (Å²) in [5.74, 6) is 0. The van der Waals surface area contributed by atoms with Gasteiger partial charge in [0.2, 0.25) is 0 Å². The zero-order chi connectivity index (χ0) is 11.0. The number of hydrogen-bond acceptors (Lipinski definition) is 3. The monoisotopic (exact) mass is 219 g/mol. The Bertz CT molecular complexity index is 552. The molecule has 5 heteroatoms. The van der Waals surface area contributed by atoms with Crippen molar-refractivity contribution in [1.29, 1.82) is 0 Å². The van der Waals surface area contributed by atoms with Gasteiger partial charge in [-0.05, 0) is 24.6 Å². The lowest BCUT2D eigenvalue weighted by Gasteiger charge is -2.11. The van der Waals surface area contributed by atoms with Crippen LogP contribution in [0, 0.1) is 0 Å². The number of nitrogens with one attached hydrogen (secondary N) is 3. The van der Waals surface area contributed by atoms with Gasteiger partial charge in [-0.2, -0.15) is 0 Å². The zero-order valence-corrected chi connectivity index (χ0v) is 8.75. The number of ether oxygens (including phenoxy) is 1. The van der Waals surface area contributed by atoms with Gasteiger partial charge >= 0.3 is 5.69 Å². The largest absolute Gasteiger partial charge is 0.380 e. The highest BCUT2D eigenvalue weighted by molar-refractivity contribution is 5.78. The number of imidazole rings is 1.